The Bertz CT molecular complexity index is 627. The molecule has 0 N–H and O–H groups in total. The van der Waals surface area contributed by atoms with Crippen LogP contribution in [0.3, 0.4) is 0 Å². The molecule has 0 aliphatic carbocycles. The van der Waals surface area contributed by atoms with Crippen LogP contribution in [-0.2, 0) is 10.0 Å². The van der Waals surface area contributed by atoms with Gasteiger partial charge in [0, 0.05) is 23.6 Å². The summed E-state index contributed by atoms with van der Waals surface area (Å²) in [5, 5.41) is 0. The Morgan fingerprint density at radius 3 is 2.57 bits per heavy atom. The number of nitrogens with zero attached hydrogens (tertiary/aromatic N) is 2. The summed E-state index contributed by atoms with van der Waals surface area (Å²) in [6.07, 6.45) is 3.44. The summed E-state index contributed by atoms with van der Waals surface area (Å²) in [6.45, 7) is 5.43. The molecule has 2 saturated heterocycles. The van der Waals surface area contributed by atoms with Gasteiger partial charge in [-0.15, -0.1) is 0 Å². The highest BCUT2D eigenvalue weighted by molar-refractivity contribution is 9.10. The summed E-state index contributed by atoms with van der Waals surface area (Å²) in [5.41, 5.74) is 0.950. The number of likely N-dealkylation sites (tertiary alicyclic amines) is 1. The number of hydrogen-bond acceptors (Lipinski definition) is 3. The van der Waals surface area contributed by atoms with Gasteiger partial charge in [0.1, 0.15) is 0 Å². The average Bonchev–Trinajstić information content (AvgIpc) is 3.11. The maximum atomic E-state index is 12.8. The highest BCUT2D eigenvalue weighted by Crippen LogP contribution is 2.27. The second-order valence-electron chi connectivity index (χ2n) is 5.96. The van der Waals surface area contributed by atoms with E-state index in [0.717, 1.165) is 29.5 Å². The van der Waals surface area contributed by atoms with Crippen LogP contribution in [0.15, 0.2) is 27.6 Å². The largest absolute Gasteiger partial charge is 0.299 e. The molecule has 0 aromatic heterocycles. The second kappa shape index (κ2) is 5.99. The minimum absolute atomic E-state index is 0.402. The van der Waals surface area contributed by atoms with Gasteiger partial charge in [0.25, 0.3) is 0 Å². The average molecular weight is 373 g/mol. The first-order chi connectivity index (χ1) is 9.98. The van der Waals surface area contributed by atoms with Crippen molar-refractivity contribution < 1.29 is 8.42 Å². The molecular weight excluding hydrogens is 352 g/mol. The maximum absolute atomic E-state index is 12.8. The molecule has 6 heteroatoms. The van der Waals surface area contributed by atoms with Crippen molar-refractivity contribution in [1.82, 2.24) is 9.21 Å². The molecule has 0 radical (unpaired) electrons. The standard InChI is InChI=1S/C15H21BrN2O2S/c1-12-10-14(4-5-15(12)16)21(19,20)18-9-6-13(11-18)17-7-2-3-8-17/h4-5,10,13H,2-3,6-9,11H2,1H3. The topological polar surface area (TPSA) is 40.6 Å². The smallest absolute Gasteiger partial charge is 0.243 e. The van der Waals surface area contributed by atoms with Gasteiger partial charge in [0.15, 0.2) is 0 Å². The van der Waals surface area contributed by atoms with E-state index in [9.17, 15) is 8.42 Å². The first kappa shape index (κ1) is 15.5. The number of sulfonamides is 1. The molecule has 0 saturated carbocycles. The number of hydrogen-bond donors (Lipinski definition) is 0. The van der Waals surface area contributed by atoms with Crippen molar-refractivity contribution in [3.63, 3.8) is 0 Å². The fraction of sp³-hybridized carbons (Fsp3) is 0.600. The molecule has 3 rings (SSSR count). The molecule has 2 fully saturated rings. The predicted molar refractivity (Wildman–Crippen MR) is 86.8 cm³/mol. The lowest BCUT2D eigenvalue weighted by Gasteiger charge is -2.23. The Labute approximate surface area is 135 Å². The number of halogens is 1. The molecule has 4 nitrogen and oxygen atoms in total. The van der Waals surface area contributed by atoms with E-state index >= 15 is 0 Å². The van der Waals surface area contributed by atoms with Crippen molar-refractivity contribution in [3.05, 3.63) is 28.2 Å². The highest BCUT2D eigenvalue weighted by atomic mass is 79.9. The lowest BCUT2D eigenvalue weighted by molar-refractivity contribution is 0.251. The van der Waals surface area contributed by atoms with Crippen molar-refractivity contribution in [3.8, 4) is 0 Å². The van der Waals surface area contributed by atoms with Crippen molar-refractivity contribution in [2.45, 2.75) is 37.1 Å². The van der Waals surface area contributed by atoms with E-state index < -0.39 is 10.0 Å². The van der Waals surface area contributed by atoms with E-state index in [1.807, 2.05) is 13.0 Å². The summed E-state index contributed by atoms with van der Waals surface area (Å²) in [6, 6.07) is 5.66. The van der Waals surface area contributed by atoms with Gasteiger partial charge in [0.2, 0.25) is 10.0 Å². The zero-order valence-electron chi connectivity index (χ0n) is 12.3. The van der Waals surface area contributed by atoms with Crippen LogP contribution >= 0.6 is 15.9 Å². The van der Waals surface area contributed by atoms with E-state index in [1.54, 1.807) is 16.4 Å². The van der Waals surface area contributed by atoms with Crippen molar-refractivity contribution in [2.24, 2.45) is 0 Å². The molecule has 2 heterocycles. The van der Waals surface area contributed by atoms with E-state index in [2.05, 4.69) is 20.8 Å². The van der Waals surface area contributed by atoms with Crippen LogP contribution in [0.25, 0.3) is 0 Å². The first-order valence-corrected chi connectivity index (χ1v) is 9.72. The fourth-order valence-electron chi connectivity index (χ4n) is 3.26. The minimum Gasteiger partial charge on any atom is -0.299 e. The van der Waals surface area contributed by atoms with Crippen LogP contribution in [0.5, 0.6) is 0 Å². The van der Waals surface area contributed by atoms with Crippen molar-refractivity contribution >= 4 is 26.0 Å². The molecule has 116 valence electrons. The summed E-state index contributed by atoms with van der Waals surface area (Å²) in [7, 11) is -3.35. The van der Waals surface area contributed by atoms with E-state index in [1.165, 1.54) is 12.8 Å². The van der Waals surface area contributed by atoms with Crippen molar-refractivity contribution in [2.75, 3.05) is 26.2 Å². The van der Waals surface area contributed by atoms with E-state index in [0.29, 0.717) is 24.0 Å². The minimum atomic E-state index is -3.35. The molecule has 1 aromatic carbocycles. The summed E-state index contributed by atoms with van der Waals surface area (Å²) < 4.78 is 28.1. The Morgan fingerprint density at radius 2 is 1.90 bits per heavy atom. The van der Waals surface area contributed by atoms with Crippen LogP contribution in [0.2, 0.25) is 0 Å². The van der Waals surface area contributed by atoms with Crippen LogP contribution in [0.1, 0.15) is 24.8 Å². The molecule has 1 atom stereocenters. The van der Waals surface area contributed by atoms with Gasteiger partial charge < -0.3 is 0 Å². The van der Waals surface area contributed by atoms with Gasteiger partial charge in [-0.05, 0) is 63.0 Å². The normalized spacial score (nSPS) is 24.8. The van der Waals surface area contributed by atoms with E-state index in [-0.39, 0.29) is 0 Å². The van der Waals surface area contributed by atoms with Crippen LogP contribution < -0.4 is 0 Å². The maximum Gasteiger partial charge on any atom is 0.243 e. The third-order valence-electron chi connectivity index (χ3n) is 4.55. The van der Waals surface area contributed by atoms with Gasteiger partial charge in [0.05, 0.1) is 4.90 Å². The molecule has 0 amide bonds. The second-order valence-corrected chi connectivity index (χ2v) is 8.75. The lowest BCUT2D eigenvalue weighted by atomic mass is 10.2. The number of rotatable bonds is 3. The predicted octanol–water partition coefficient (Wildman–Crippen LogP) is 2.62. The molecule has 1 unspecified atom stereocenters. The fourth-order valence-corrected chi connectivity index (χ4v) is 5.09. The van der Waals surface area contributed by atoms with Gasteiger partial charge in [-0.2, -0.15) is 4.31 Å². The monoisotopic (exact) mass is 372 g/mol. The Balaban J connectivity index is 1.77. The highest BCUT2D eigenvalue weighted by Gasteiger charge is 2.35. The first-order valence-electron chi connectivity index (χ1n) is 7.49. The zero-order valence-corrected chi connectivity index (χ0v) is 14.7. The number of aryl methyl sites for hydroxylation is 1. The summed E-state index contributed by atoms with van der Waals surface area (Å²) in [5.74, 6) is 0. The quantitative estimate of drug-likeness (QED) is 0.818. The molecule has 1 aromatic rings. The molecule has 2 aliphatic rings. The molecule has 21 heavy (non-hydrogen) atoms. The van der Waals surface area contributed by atoms with Gasteiger partial charge >= 0.3 is 0 Å². The molecule has 2 aliphatic heterocycles. The van der Waals surface area contributed by atoms with Crippen LogP contribution in [0.4, 0.5) is 0 Å². The summed E-state index contributed by atoms with van der Waals surface area (Å²) in [4.78, 5) is 2.85. The third-order valence-corrected chi connectivity index (χ3v) is 7.30. The van der Waals surface area contributed by atoms with Crippen LogP contribution in [0, 0.1) is 6.92 Å². The molecular formula is C15H21BrN2O2S. The van der Waals surface area contributed by atoms with Crippen molar-refractivity contribution in [1.29, 1.82) is 0 Å². The third kappa shape index (κ3) is 3.04. The lowest BCUT2D eigenvalue weighted by Crippen LogP contribution is -2.37. The van der Waals surface area contributed by atoms with Gasteiger partial charge in [-0.3, -0.25) is 4.90 Å². The molecule has 0 spiro atoms. The SMILES string of the molecule is Cc1cc(S(=O)(=O)N2CCC(N3CCCC3)C2)ccc1Br. The Kier molecular flexibility index (Phi) is 4.41. The van der Waals surface area contributed by atoms with Gasteiger partial charge in [-0.1, -0.05) is 15.9 Å². The Morgan fingerprint density at radius 1 is 1.19 bits per heavy atom. The summed E-state index contributed by atoms with van der Waals surface area (Å²) >= 11 is 3.42. The molecule has 0 bridgehead atoms. The Hall–Kier alpha value is -0.430. The number of benzene rings is 1. The van der Waals surface area contributed by atoms with E-state index in [4.69, 9.17) is 0 Å². The van der Waals surface area contributed by atoms with Crippen LogP contribution in [-0.4, -0.2) is 49.8 Å². The van der Waals surface area contributed by atoms with Gasteiger partial charge in [-0.25, -0.2) is 8.42 Å². The zero-order chi connectivity index (χ0) is 15.0.